The zero-order valence-corrected chi connectivity index (χ0v) is 15.4. The van der Waals surface area contributed by atoms with Gasteiger partial charge in [-0.1, -0.05) is 29.3 Å². The van der Waals surface area contributed by atoms with Crippen LogP contribution in [0.25, 0.3) is 0 Å². The molecule has 0 spiro atoms. The molecular weight excluding hydrogens is 417 g/mol. The van der Waals surface area contributed by atoms with Crippen molar-refractivity contribution in [3.05, 3.63) is 46.0 Å². The van der Waals surface area contributed by atoms with E-state index in [4.69, 9.17) is 32.7 Å². The van der Waals surface area contributed by atoms with Crippen molar-refractivity contribution in [2.45, 2.75) is 44.1 Å². The van der Waals surface area contributed by atoms with Crippen LogP contribution in [0.4, 0.5) is 17.6 Å². The number of benzene rings is 1. The first kappa shape index (κ1) is 20.3. The summed E-state index contributed by atoms with van der Waals surface area (Å²) in [7, 11) is 0. The summed E-state index contributed by atoms with van der Waals surface area (Å²) < 4.78 is 68.1. The molecule has 12 heteroatoms. The molecule has 1 aliphatic rings. The summed E-state index contributed by atoms with van der Waals surface area (Å²) in [6.07, 6.45) is -8.93. The molecule has 3 unspecified atom stereocenters. The van der Waals surface area contributed by atoms with Gasteiger partial charge in [-0.05, 0) is 26.0 Å². The Bertz CT molecular complexity index is 827. The van der Waals surface area contributed by atoms with Crippen LogP contribution in [0.2, 0.25) is 10.0 Å². The Morgan fingerprint density at radius 1 is 1.33 bits per heavy atom. The molecule has 3 rings (SSSR count). The maximum atomic E-state index is 13.6. The van der Waals surface area contributed by atoms with Crippen molar-refractivity contribution in [3.63, 3.8) is 0 Å². The number of nitrogens with zero attached hydrogens (tertiary/aromatic N) is 2. The third-order valence-corrected chi connectivity index (χ3v) is 4.58. The minimum atomic E-state index is -4.77. The number of hydrogen-bond donors (Lipinski definition) is 1. The molecule has 1 aliphatic heterocycles. The van der Waals surface area contributed by atoms with Gasteiger partial charge in [-0.15, -0.1) is 0 Å². The molecule has 0 saturated carbocycles. The summed E-state index contributed by atoms with van der Waals surface area (Å²) in [5, 5.41) is 6.56. The van der Waals surface area contributed by atoms with Gasteiger partial charge in [-0.25, -0.2) is 13.8 Å². The average molecular weight is 430 g/mol. The molecule has 1 N–H and O–H groups in total. The van der Waals surface area contributed by atoms with E-state index in [-0.39, 0.29) is 16.4 Å². The zero-order chi connectivity index (χ0) is 20.0. The fraction of sp³-hybridized carbons (Fsp3) is 0.467. The molecule has 1 saturated heterocycles. The van der Waals surface area contributed by atoms with Gasteiger partial charge < -0.3 is 9.47 Å². The van der Waals surface area contributed by atoms with Crippen molar-refractivity contribution in [2.75, 3.05) is 0 Å². The summed E-state index contributed by atoms with van der Waals surface area (Å²) in [4.78, 5) is 3.94. The van der Waals surface area contributed by atoms with Gasteiger partial charge in [-0.3, -0.25) is 9.84 Å². The summed E-state index contributed by atoms with van der Waals surface area (Å²) in [5.74, 6) is -4.29. The number of nitrogens with one attached hydrogen (secondary N) is 1. The Labute approximate surface area is 160 Å². The maximum Gasteiger partial charge on any atom is 0.418 e. The molecular formula is C15H13Cl2F4N3O3. The van der Waals surface area contributed by atoms with E-state index < -0.39 is 30.2 Å². The maximum absolute atomic E-state index is 13.6. The Kier molecular flexibility index (Phi) is 5.15. The second-order valence-electron chi connectivity index (χ2n) is 5.92. The molecule has 0 bridgehead atoms. The Morgan fingerprint density at radius 2 is 2.04 bits per heavy atom. The third kappa shape index (κ3) is 3.52. The predicted molar refractivity (Wildman–Crippen MR) is 85.7 cm³/mol. The molecule has 148 valence electrons. The van der Waals surface area contributed by atoms with Crippen LogP contribution >= 0.6 is 23.2 Å². The number of H-pyrrole nitrogens is 1. The highest BCUT2D eigenvalue weighted by Gasteiger charge is 2.62. The molecule has 1 aromatic heterocycles. The second-order valence-corrected chi connectivity index (χ2v) is 6.76. The number of alkyl halides is 4. The van der Waals surface area contributed by atoms with Gasteiger partial charge in [-0.2, -0.15) is 13.9 Å². The van der Waals surface area contributed by atoms with Gasteiger partial charge in [0.15, 0.2) is 5.82 Å². The fourth-order valence-electron chi connectivity index (χ4n) is 2.64. The van der Waals surface area contributed by atoms with Gasteiger partial charge in [0.05, 0.1) is 5.02 Å². The molecule has 2 heterocycles. The lowest BCUT2D eigenvalue weighted by Gasteiger charge is -2.32. The minimum absolute atomic E-state index is 0.0498. The van der Waals surface area contributed by atoms with Crippen LogP contribution in [0.15, 0.2) is 24.5 Å². The highest BCUT2D eigenvalue weighted by molar-refractivity contribution is 6.35. The van der Waals surface area contributed by atoms with E-state index in [0.717, 1.165) is 13.3 Å². The lowest BCUT2D eigenvalue weighted by atomic mass is 10.0. The minimum Gasteiger partial charge on any atom is -0.331 e. The SMILES string of the molecule is CC1OC(c2ncn[nH]2)(c2ccc(Cl)cc2Cl)OC1(C)OC(F)(F)C(F)F. The first-order valence-electron chi connectivity index (χ1n) is 7.56. The first-order valence-corrected chi connectivity index (χ1v) is 8.31. The number of hydrogen-bond acceptors (Lipinski definition) is 5. The quantitative estimate of drug-likeness (QED) is 0.715. The van der Waals surface area contributed by atoms with Gasteiger partial charge >= 0.3 is 12.5 Å². The van der Waals surface area contributed by atoms with Crippen LogP contribution in [0, 0.1) is 0 Å². The van der Waals surface area contributed by atoms with Crippen molar-refractivity contribution < 1.29 is 31.8 Å². The van der Waals surface area contributed by atoms with Crippen LogP contribution in [-0.2, 0) is 20.0 Å². The Morgan fingerprint density at radius 3 is 2.59 bits per heavy atom. The molecule has 6 nitrogen and oxygen atoms in total. The van der Waals surface area contributed by atoms with Crippen LogP contribution in [0.1, 0.15) is 25.2 Å². The lowest BCUT2D eigenvalue weighted by Crippen LogP contribution is -2.47. The molecule has 2 aromatic rings. The highest BCUT2D eigenvalue weighted by Crippen LogP contribution is 2.50. The highest BCUT2D eigenvalue weighted by atomic mass is 35.5. The molecule has 0 aliphatic carbocycles. The van der Waals surface area contributed by atoms with Crippen molar-refractivity contribution >= 4 is 23.2 Å². The number of ether oxygens (including phenoxy) is 3. The van der Waals surface area contributed by atoms with Gasteiger partial charge in [0.25, 0.3) is 5.79 Å². The largest absolute Gasteiger partial charge is 0.418 e. The molecule has 3 atom stereocenters. The molecule has 1 fully saturated rings. The van der Waals surface area contributed by atoms with E-state index in [1.807, 2.05) is 0 Å². The lowest BCUT2D eigenvalue weighted by molar-refractivity contribution is -0.395. The standard InChI is InChI=1S/C15H13Cl2F4N3O3/c1-7-13(2,27-15(20,21)11(18)19)26-14(25-7,12-22-6-23-24-12)9-4-3-8(16)5-10(9)17/h3-7,11H,1-2H3,(H,22,23,24). The van der Waals surface area contributed by atoms with Crippen molar-refractivity contribution in [3.8, 4) is 0 Å². The fourth-order valence-corrected chi connectivity index (χ4v) is 3.17. The van der Waals surface area contributed by atoms with Crippen molar-refractivity contribution in [1.82, 2.24) is 15.2 Å². The van der Waals surface area contributed by atoms with E-state index >= 15 is 0 Å². The van der Waals surface area contributed by atoms with E-state index in [0.29, 0.717) is 5.02 Å². The van der Waals surface area contributed by atoms with E-state index in [1.54, 1.807) is 0 Å². The molecule has 0 radical (unpaired) electrons. The van der Waals surface area contributed by atoms with Crippen LogP contribution in [0.5, 0.6) is 0 Å². The van der Waals surface area contributed by atoms with Gasteiger partial charge in [0.1, 0.15) is 12.4 Å². The summed E-state index contributed by atoms with van der Waals surface area (Å²) >= 11 is 12.1. The monoisotopic (exact) mass is 429 g/mol. The third-order valence-electron chi connectivity index (χ3n) is 4.03. The van der Waals surface area contributed by atoms with Crippen LogP contribution in [-0.4, -0.2) is 39.6 Å². The Balaban J connectivity index is 2.09. The summed E-state index contributed by atoms with van der Waals surface area (Å²) in [6, 6.07) is 4.26. The van der Waals surface area contributed by atoms with Gasteiger partial charge in [0, 0.05) is 10.6 Å². The molecule has 1 aromatic carbocycles. The van der Waals surface area contributed by atoms with Crippen LogP contribution in [0.3, 0.4) is 0 Å². The Hall–Kier alpha value is -1.46. The summed E-state index contributed by atoms with van der Waals surface area (Å²) in [6.45, 7) is 2.37. The number of halogens is 6. The van der Waals surface area contributed by atoms with E-state index in [9.17, 15) is 17.6 Å². The normalized spacial score (nSPS) is 28.9. The molecule has 27 heavy (non-hydrogen) atoms. The first-order chi connectivity index (χ1) is 12.5. The predicted octanol–water partition coefficient (Wildman–Crippen LogP) is 4.34. The number of aromatic nitrogens is 3. The topological polar surface area (TPSA) is 69.3 Å². The zero-order valence-electron chi connectivity index (χ0n) is 13.9. The molecule has 0 amide bonds. The van der Waals surface area contributed by atoms with Crippen molar-refractivity contribution in [1.29, 1.82) is 0 Å². The summed E-state index contributed by atoms with van der Waals surface area (Å²) in [5.41, 5.74) is 0.143. The number of aromatic amines is 1. The van der Waals surface area contributed by atoms with E-state index in [2.05, 4.69) is 19.9 Å². The van der Waals surface area contributed by atoms with Crippen molar-refractivity contribution in [2.24, 2.45) is 0 Å². The second kappa shape index (κ2) is 6.85. The van der Waals surface area contributed by atoms with Gasteiger partial charge in [0.2, 0.25) is 5.79 Å². The van der Waals surface area contributed by atoms with E-state index in [1.165, 1.54) is 25.1 Å². The average Bonchev–Trinajstić information content (AvgIpc) is 3.15. The van der Waals surface area contributed by atoms with Crippen LogP contribution < -0.4 is 0 Å². The smallest absolute Gasteiger partial charge is 0.331 e. The number of rotatable bonds is 5.